The molecule has 1 heterocycles. The highest BCUT2D eigenvalue weighted by molar-refractivity contribution is 6.03. The first-order valence-electron chi connectivity index (χ1n) is 6.22. The van der Waals surface area contributed by atoms with Crippen LogP contribution in [0.2, 0.25) is 0 Å². The van der Waals surface area contributed by atoms with E-state index in [1.807, 2.05) is 12.1 Å². The fraction of sp³-hybridized carbons (Fsp3) is 0.533. The number of fused-ring (bicyclic) bond motifs is 1. The van der Waals surface area contributed by atoms with Crippen molar-refractivity contribution in [3.63, 3.8) is 0 Å². The maximum atomic E-state index is 12.1. The van der Waals surface area contributed by atoms with Crippen molar-refractivity contribution in [2.24, 2.45) is 11.3 Å². The summed E-state index contributed by atoms with van der Waals surface area (Å²) in [5.41, 5.74) is 3.50. The molecule has 0 aliphatic carbocycles. The van der Waals surface area contributed by atoms with E-state index in [9.17, 15) is 4.79 Å². The van der Waals surface area contributed by atoms with E-state index in [0.29, 0.717) is 5.92 Å². The van der Waals surface area contributed by atoms with Gasteiger partial charge in [0.1, 0.15) is 0 Å². The summed E-state index contributed by atoms with van der Waals surface area (Å²) >= 11 is 0. The number of aryl methyl sites for hydroxylation is 1. The lowest BCUT2D eigenvalue weighted by Crippen LogP contribution is -2.28. The van der Waals surface area contributed by atoms with Crippen LogP contribution in [0.3, 0.4) is 0 Å². The molecule has 1 aliphatic rings. The van der Waals surface area contributed by atoms with Crippen molar-refractivity contribution >= 4 is 11.6 Å². The van der Waals surface area contributed by atoms with E-state index in [1.165, 1.54) is 5.56 Å². The molecule has 1 amide bonds. The second kappa shape index (κ2) is 3.86. The number of benzene rings is 1. The van der Waals surface area contributed by atoms with E-state index in [-0.39, 0.29) is 17.2 Å². The zero-order chi connectivity index (χ0) is 12.8. The maximum Gasteiger partial charge on any atom is 0.232 e. The topological polar surface area (TPSA) is 29.1 Å². The van der Waals surface area contributed by atoms with Gasteiger partial charge in [-0.05, 0) is 29.9 Å². The Hall–Kier alpha value is -1.31. The van der Waals surface area contributed by atoms with Crippen molar-refractivity contribution in [1.29, 1.82) is 0 Å². The number of anilines is 1. The summed E-state index contributed by atoms with van der Waals surface area (Å²) in [6.07, 6.45) is 0. The van der Waals surface area contributed by atoms with Crippen molar-refractivity contribution in [2.45, 2.75) is 40.5 Å². The number of rotatable bonds is 1. The van der Waals surface area contributed by atoms with Gasteiger partial charge in [0.25, 0.3) is 0 Å². The fourth-order valence-corrected chi connectivity index (χ4v) is 2.40. The van der Waals surface area contributed by atoms with Crippen LogP contribution in [-0.4, -0.2) is 5.91 Å². The molecule has 1 aliphatic heterocycles. The predicted octanol–water partition coefficient (Wildman–Crippen LogP) is 3.71. The molecule has 17 heavy (non-hydrogen) atoms. The van der Waals surface area contributed by atoms with Crippen molar-refractivity contribution in [2.75, 3.05) is 5.32 Å². The van der Waals surface area contributed by atoms with Crippen LogP contribution in [0.5, 0.6) is 0 Å². The lowest BCUT2D eigenvalue weighted by atomic mass is 9.72. The first-order valence-corrected chi connectivity index (χ1v) is 6.22. The summed E-state index contributed by atoms with van der Waals surface area (Å²) in [4.78, 5) is 12.1. The van der Waals surface area contributed by atoms with Crippen LogP contribution >= 0.6 is 0 Å². The Bertz CT molecular complexity index is 456. The highest BCUT2D eigenvalue weighted by Gasteiger charge is 2.39. The molecular formula is C15H21NO. The van der Waals surface area contributed by atoms with Crippen molar-refractivity contribution in [3.05, 3.63) is 29.3 Å². The smallest absolute Gasteiger partial charge is 0.232 e. The average Bonchev–Trinajstić information content (AvgIpc) is 2.51. The second-order valence-corrected chi connectivity index (χ2v) is 6.21. The Kier molecular flexibility index (Phi) is 2.76. The molecule has 0 bridgehead atoms. The van der Waals surface area contributed by atoms with E-state index in [0.717, 1.165) is 11.3 Å². The predicted molar refractivity (Wildman–Crippen MR) is 71.2 cm³/mol. The molecule has 2 rings (SSSR count). The van der Waals surface area contributed by atoms with E-state index in [4.69, 9.17) is 0 Å². The molecule has 0 aromatic heterocycles. The molecule has 2 unspecified atom stereocenters. The van der Waals surface area contributed by atoms with Crippen LogP contribution < -0.4 is 5.32 Å². The third-order valence-corrected chi connectivity index (χ3v) is 3.95. The summed E-state index contributed by atoms with van der Waals surface area (Å²) < 4.78 is 0. The van der Waals surface area contributed by atoms with Crippen LogP contribution in [0.15, 0.2) is 18.2 Å². The highest BCUT2D eigenvalue weighted by atomic mass is 16.2. The van der Waals surface area contributed by atoms with E-state index >= 15 is 0 Å². The standard InChI is InChI=1S/C15H21NO/c1-9-6-7-12-11(8-9)13(14(17)16-12)10(2)15(3,4)5/h6-8,10,13H,1-5H3,(H,16,17). The van der Waals surface area contributed by atoms with Crippen molar-refractivity contribution < 1.29 is 4.79 Å². The van der Waals surface area contributed by atoms with Gasteiger partial charge >= 0.3 is 0 Å². The van der Waals surface area contributed by atoms with Gasteiger partial charge in [-0.15, -0.1) is 0 Å². The molecule has 1 aromatic carbocycles. The Morgan fingerprint density at radius 2 is 1.94 bits per heavy atom. The molecule has 92 valence electrons. The molecule has 0 fully saturated rings. The van der Waals surface area contributed by atoms with Crippen LogP contribution in [0.1, 0.15) is 44.7 Å². The lowest BCUT2D eigenvalue weighted by molar-refractivity contribution is -0.118. The summed E-state index contributed by atoms with van der Waals surface area (Å²) in [6.45, 7) is 10.8. The highest BCUT2D eigenvalue weighted by Crippen LogP contribution is 2.44. The van der Waals surface area contributed by atoms with Crippen molar-refractivity contribution in [1.82, 2.24) is 0 Å². The quantitative estimate of drug-likeness (QED) is 0.784. The van der Waals surface area contributed by atoms with Gasteiger partial charge in [-0.25, -0.2) is 0 Å². The first kappa shape index (κ1) is 12.2. The maximum absolute atomic E-state index is 12.1. The monoisotopic (exact) mass is 231 g/mol. The molecule has 2 nitrogen and oxygen atoms in total. The molecule has 0 saturated carbocycles. The third kappa shape index (κ3) is 2.08. The van der Waals surface area contributed by atoms with E-state index < -0.39 is 0 Å². The van der Waals surface area contributed by atoms with Crippen LogP contribution in [0.25, 0.3) is 0 Å². The number of hydrogen-bond acceptors (Lipinski definition) is 1. The molecule has 2 atom stereocenters. The van der Waals surface area contributed by atoms with Crippen molar-refractivity contribution in [3.8, 4) is 0 Å². The molecule has 0 radical (unpaired) electrons. The molecule has 1 N–H and O–H groups in total. The third-order valence-electron chi connectivity index (χ3n) is 3.95. The summed E-state index contributed by atoms with van der Waals surface area (Å²) in [5, 5.41) is 2.99. The normalized spacial score (nSPS) is 21.0. The van der Waals surface area contributed by atoms with Crippen LogP contribution in [0, 0.1) is 18.3 Å². The fourth-order valence-electron chi connectivity index (χ4n) is 2.40. The molecule has 2 heteroatoms. The summed E-state index contributed by atoms with van der Waals surface area (Å²) in [5.74, 6) is 0.462. The number of carbonyl (C=O) groups excluding carboxylic acids is 1. The average molecular weight is 231 g/mol. The molecule has 0 spiro atoms. The largest absolute Gasteiger partial charge is 0.325 e. The van der Waals surface area contributed by atoms with Gasteiger partial charge in [0.15, 0.2) is 0 Å². The van der Waals surface area contributed by atoms with Gasteiger partial charge in [-0.1, -0.05) is 45.4 Å². The number of carbonyl (C=O) groups is 1. The number of nitrogens with one attached hydrogen (secondary N) is 1. The number of amides is 1. The zero-order valence-electron chi connectivity index (χ0n) is 11.3. The minimum atomic E-state index is -0.00935. The summed E-state index contributed by atoms with van der Waals surface area (Å²) in [7, 11) is 0. The van der Waals surface area contributed by atoms with Gasteiger partial charge in [0.05, 0.1) is 5.92 Å². The Morgan fingerprint density at radius 1 is 1.29 bits per heavy atom. The minimum absolute atomic E-state index is 0.00935. The van der Waals surface area contributed by atoms with Crippen LogP contribution in [-0.2, 0) is 4.79 Å². The first-order chi connectivity index (χ1) is 7.80. The van der Waals surface area contributed by atoms with Crippen LogP contribution in [0.4, 0.5) is 5.69 Å². The summed E-state index contributed by atoms with van der Waals surface area (Å²) in [6, 6.07) is 6.20. The molecular weight excluding hydrogens is 210 g/mol. The minimum Gasteiger partial charge on any atom is -0.325 e. The Balaban J connectivity index is 2.44. The number of hydrogen-bond donors (Lipinski definition) is 1. The molecule has 1 aromatic rings. The van der Waals surface area contributed by atoms with Gasteiger partial charge < -0.3 is 5.32 Å². The van der Waals surface area contributed by atoms with Gasteiger partial charge in [-0.3, -0.25) is 4.79 Å². The zero-order valence-corrected chi connectivity index (χ0v) is 11.3. The van der Waals surface area contributed by atoms with Gasteiger partial charge in [0, 0.05) is 5.69 Å². The lowest BCUT2D eigenvalue weighted by Gasteiger charge is -2.31. The van der Waals surface area contributed by atoms with E-state index in [2.05, 4.69) is 46.0 Å². The Labute approximate surface area is 103 Å². The van der Waals surface area contributed by atoms with Gasteiger partial charge in [-0.2, -0.15) is 0 Å². The second-order valence-electron chi connectivity index (χ2n) is 6.21. The van der Waals surface area contributed by atoms with Gasteiger partial charge in [0.2, 0.25) is 5.91 Å². The van der Waals surface area contributed by atoms with E-state index in [1.54, 1.807) is 0 Å². The molecule has 0 saturated heterocycles. The Morgan fingerprint density at radius 3 is 2.53 bits per heavy atom. The SMILES string of the molecule is Cc1ccc2c(c1)C(C(C)C(C)(C)C)C(=O)N2.